The Labute approximate surface area is 107 Å². The van der Waals surface area contributed by atoms with E-state index in [0.717, 1.165) is 41.7 Å². The molecular weight excluding hydrogens is 224 g/mol. The number of aldehydes is 1. The fraction of sp³-hybridized carbons (Fsp3) is 0.400. The Morgan fingerprint density at radius 1 is 1.06 bits per heavy atom. The van der Waals surface area contributed by atoms with Crippen LogP contribution in [0, 0.1) is 0 Å². The van der Waals surface area contributed by atoms with Crippen LogP contribution in [0.5, 0.6) is 0 Å². The van der Waals surface area contributed by atoms with Gasteiger partial charge in [-0.3, -0.25) is 4.79 Å². The smallest absolute Gasteiger partial charge is 0.154 e. The minimum absolute atomic E-state index is 0.813. The number of aromatic nitrogens is 1. The van der Waals surface area contributed by atoms with Gasteiger partial charge in [0.1, 0.15) is 5.82 Å². The Morgan fingerprint density at radius 2 is 1.78 bits per heavy atom. The number of nitrogens with zero attached hydrogens (tertiary/aromatic N) is 1. The number of aromatic amines is 1. The van der Waals surface area contributed by atoms with Crippen molar-refractivity contribution in [2.45, 2.75) is 25.7 Å². The second-order valence-corrected chi connectivity index (χ2v) is 4.95. The van der Waals surface area contributed by atoms with E-state index in [1.165, 1.54) is 25.7 Å². The highest BCUT2D eigenvalue weighted by atomic mass is 16.1. The lowest BCUT2D eigenvalue weighted by Crippen LogP contribution is -2.25. The van der Waals surface area contributed by atoms with Crippen LogP contribution >= 0.6 is 0 Å². The van der Waals surface area contributed by atoms with Crippen LogP contribution in [0.2, 0.25) is 0 Å². The molecule has 18 heavy (non-hydrogen) atoms. The lowest BCUT2D eigenvalue weighted by molar-refractivity contribution is 0.112. The quantitative estimate of drug-likeness (QED) is 0.820. The summed E-state index contributed by atoms with van der Waals surface area (Å²) in [7, 11) is 0. The Balaban J connectivity index is 2.06. The maximum Gasteiger partial charge on any atom is 0.154 e. The molecule has 0 bridgehead atoms. The zero-order valence-corrected chi connectivity index (χ0v) is 10.5. The van der Waals surface area contributed by atoms with Crippen molar-refractivity contribution in [2.75, 3.05) is 18.0 Å². The Bertz CT molecular complexity index is 551. The lowest BCUT2D eigenvalue weighted by Gasteiger charge is -2.21. The van der Waals surface area contributed by atoms with Crippen molar-refractivity contribution in [1.82, 2.24) is 4.98 Å². The average molecular weight is 242 g/mol. The first-order valence-corrected chi connectivity index (χ1v) is 6.71. The number of H-pyrrole nitrogens is 1. The van der Waals surface area contributed by atoms with E-state index in [2.05, 4.69) is 9.88 Å². The van der Waals surface area contributed by atoms with Crippen molar-refractivity contribution in [3.8, 4) is 0 Å². The van der Waals surface area contributed by atoms with Gasteiger partial charge in [-0.2, -0.15) is 0 Å². The maximum atomic E-state index is 11.4. The van der Waals surface area contributed by atoms with E-state index in [1.807, 2.05) is 24.3 Å². The topological polar surface area (TPSA) is 36.1 Å². The first-order chi connectivity index (χ1) is 8.90. The van der Waals surface area contributed by atoms with Gasteiger partial charge in [-0.15, -0.1) is 0 Å². The van der Waals surface area contributed by atoms with Crippen molar-refractivity contribution in [3.63, 3.8) is 0 Å². The predicted molar refractivity (Wildman–Crippen MR) is 74.4 cm³/mol. The third-order valence-electron chi connectivity index (χ3n) is 3.77. The zero-order chi connectivity index (χ0) is 12.4. The molecule has 3 nitrogen and oxygen atoms in total. The number of carbonyl (C=O) groups is 1. The Morgan fingerprint density at radius 3 is 2.50 bits per heavy atom. The van der Waals surface area contributed by atoms with Crippen LogP contribution in [-0.4, -0.2) is 24.4 Å². The normalized spacial score (nSPS) is 16.8. The standard InChI is InChI=1S/C15H18N2O/c18-11-13-12-7-3-4-8-14(12)16-15(13)17-9-5-1-2-6-10-17/h3-4,7-8,11,16H,1-2,5-6,9-10H2. The van der Waals surface area contributed by atoms with Gasteiger partial charge in [0.15, 0.2) is 6.29 Å². The molecule has 0 saturated carbocycles. The second kappa shape index (κ2) is 4.84. The van der Waals surface area contributed by atoms with Crippen molar-refractivity contribution < 1.29 is 4.79 Å². The first kappa shape index (κ1) is 11.3. The predicted octanol–water partition coefficient (Wildman–Crippen LogP) is 3.36. The zero-order valence-electron chi connectivity index (χ0n) is 10.5. The summed E-state index contributed by atoms with van der Waals surface area (Å²) in [6.07, 6.45) is 6.01. The molecule has 0 aliphatic carbocycles. The number of hydrogen-bond donors (Lipinski definition) is 1. The third kappa shape index (κ3) is 1.90. The highest BCUT2D eigenvalue weighted by Gasteiger charge is 2.17. The van der Waals surface area contributed by atoms with Crippen LogP contribution in [0.25, 0.3) is 10.9 Å². The molecule has 1 fully saturated rings. The highest BCUT2D eigenvalue weighted by molar-refractivity contribution is 6.03. The van der Waals surface area contributed by atoms with Crippen molar-refractivity contribution in [2.24, 2.45) is 0 Å². The lowest BCUT2D eigenvalue weighted by atomic mass is 10.2. The van der Waals surface area contributed by atoms with Gasteiger partial charge in [0.2, 0.25) is 0 Å². The van der Waals surface area contributed by atoms with E-state index in [1.54, 1.807) is 0 Å². The second-order valence-electron chi connectivity index (χ2n) is 4.95. The molecule has 1 N–H and O–H groups in total. The number of nitrogens with one attached hydrogen (secondary N) is 1. The van der Waals surface area contributed by atoms with Crippen LogP contribution < -0.4 is 4.90 Å². The summed E-state index contributed by atoms with van der Waals surface area (Å²) in [5, 5.41) is 1.03. The van der Waals surface area contributed by atoms with Gasteiger partial charge in [0.25, 0.3) is 0 Å². The molecule has 94 valence electrons. The molecule has 2 heterocycles. The van der Waals surface area contributed by atoms with Crippen molar-refractivity contribution in [3.05, 3.63) is 29.8 Å². The van der Waals surface area contributed by atoms with Crippen molar-refractivity contribution in [1.29, 1.82) is 0 Å². The number of hydrogen-bond acceptors (Lipinski definition) is 2. The van der Waals surface area contributed by atoms with Crippen LogP contribution in [0.1, 0.15) is 36.0 Å². The van der Waals surface area contributed by atoms with Crippen LogP contribution in [-0.2, 0) is 0 Å². The fourth-order valence-corrected chi connectivity index (χ4v) is 2.81. The fourth-order valence-electron chi connectivity index (χ4n) is 2.81. The monoisotopic (exact) mass is 242 g/mol. The molecule has 1 aliphatic rings. The van der Waals surface area contributed by atoms with Crippen LogP contribution in [0.4, 0.5) is 5.82 Å². The molecule has 1 aromatic heterocycles. The van der Waals surface area contributed by atoms with E-state index in [0.29, 0.717) is 0 Å². The Kier molecular flexibility index (Phi) is 3.05. The number of carbonyl (C=O) groups excluding carboxylic acids is 1. The van der Waals surface area contributed by atoms with Gasteiger partial charge in [-0.25, -0.2) is 0 Å². The van der Waals surface area contributed by atoms with E-state index in [-0.39, 0.29) is 0 Å². The summed E-state index contributed by atoms with van der Waals surface area (Å²) >= 11 is 0. The van der Waals surface area contributed by atoms with Crippen LogP contribution in [0.3, 0.4) is 0 Å². The molecule has 1 aliphatic heterocycles. The summed E-state index contributed by atoms with van der Waals surface area (Å²) in [6, 6.07) is 8.02. The van der Waals surface area contributed by atoms with E-state index < -0.39 is 0 Å². The van der Waals surface area contributed by atoms with E-state index in [9.17, 15) is 4.79 Å². The highest BCUT2D eigenvalue weighted by Crippen LogP contribution is 2.28. The maximum absolute atomic E-state index is 11.4. The number of para-hydroxylation sites is 1. The van der Waals surface area contributed by atoms with Gasteiger partial charge in [-0.05, 0) is 18.9 Å². The van der Waals surface area contributed by atoms with Crippen LogP contribution in [0.15, 0.2) is 24.3 Å². The van der Waals surface area contributed by atoms with Gasteiger partial charge in [0.05, 0.1) is 5.56 Å². The SMILES string of the molecule is O=Cc1c(N2CCCCCC2)[nH]c2ccccc12. The van der Waals surface area contributed by atoms with Gasteiger partial charge < -0.3 is 9.88 Å². The molecule has 2 aromatic rings. The van der Waals surface area contributed by atoms with Gasteiger partial charge in [0, 0.05) is 24.0 Å². The first-order valence-electron chi connectivity index (χ1n) is 6.71. The van der Waals surface area contributed by atoms with E-state index >= 15 is 0 Å². The summed E-state index contributed by atoms with van der Waals surface area (Å²) in [4.78, 5) is 17.1. The molecule has 0 unspecified atom stereocenters. The molecule has 0 amide bonds. The number of fused-ring (bicyclic) bond motifs is 1. The molecule has 3 heteroatoms. The third-order valence-corrected chi connectivity index (χ3v) is 3.77. The van der Waals surface area contributed by atoms with Gasteiger partial charge >= 0.3 is 0 Å². The summed E-state index contributed by atoms with van der Waals surface area (Å²) in [5.41, 5.74) is 1.87. The largest absolute Gasteiger partial charge is 0.358 e. The molecule has 0 spiro atoms. The average Bonchev–Trinajstić information content (AvgIpc) is 2.59. The summed E-state index contributed by atoms with van der Waals surface area (Å²) in [5.74, 6) is 1.01. The minimum atomic E-state index is 0.813. The van der Waals surface area contributed by atoms with Crippen molar-refractivity contribution >= 4 is 23.0 Å². The molecule has 1 aromatic carbocycles. The molecular formula is C15H18N2O. The number of anilines is 1. The van der Waals surface area contributed by atoms with Gasteiger partial charge in [-0.1, -0.05) is 31.0 Å². The minimum Gasteiger partial charge on any atom is -0.358 e. The summed E-state index contributed by atoms with van der Waals surface area (Å²) in [6.45, 7) is 2.10. The molecule has 0 radical (unpaired) electrons. The number of benzene rings is 1. The molecule has 3 rings (SSSR count). The number of rotatable bonds is 2. The molecule has 1 saturated heterocycles. The van der Waals surface area contributed by atoms with E-state index in [4.69, 9.17) is 0 Å². The molecule has 0 atom stereocenters. The Hall–Kier alpha value is -1.77. The summed E-state index contributed by atoms with van der Waals surface area (Å²) < 4.78 is 0.